The Morgan fingerprint density at radius 3 is 0.902 bits per heavy atom. The summed E-state index contributed by atoms with van der Waals surface area (Å²) < 4.78 is 102. The Morgan fingerprint density at radius 2 is 0.647 bits per heavy atom. The van der Waals surface area contributed by atoms with E-state index in [4.69, 9.17) is 19.4 Å². The maximum absolute atomic E-state index is 13.4. The van der Waals surface area contributed by atoms with Gasteiger partial charge in [-0.25, -0.2) is 16.8 Å². The van der Waals surface area contributed by atoms with Crippen LogP contribution in [0.3, 0.4) is 0 Å². The molecule has 102 heavy (non-hydrogen) atoms. The van der Waals surface area contributed by atoms with E-state index < -0.39 is 51.8 Å². The molecule has 10 aromatic carbocycles. The van der Waals surface area contributed by atoms with E-state index in [1.807, 2.05) is 189 Å². The number of benzene rings is 10. The summed E-state index contributed by atoms with van der Waals surface area (Å²) in [6.45, 7) is 17.6. The summed E-state index contributed by atoms with van der Waals surface area (Å²) in [5.41, 5.74) is 12.4. The smallest absolute Gasteiger partial charge is 1.00 e. The van der Waals surface area contributed by atoms with Gasteiger partial charge in [0, 0.05) is 46.1 Å². The van der Waals surface area contributed by atoms with Crippen molar-refractivity contribution in [3.05, 3.63) is 358 Å². The molecule has 24 heteroatoms. The summed E-state index contributed by atoms with van der Waals surface area (Å²) in [6, 6.07) is 81.1. The molecule has 12 nitrogen and oxygen atoms in total. The zero-order valence-corrected chi connectivity index (χ0v) is 64.5. The molecule has 10 aromatic rings. The van der Waals surface area contributed by atoms with E-state index in [2.05, 4.69) is 120 Å². The van der Waals surface area contributed by atoms with Crippen LogP contribution in [-0.4, -0.2) is 49.8 Å². The van der Waals surface area contributed by atoms with E-state index in [1.165, 1.54) is 22.3 Å². The first-order valence-electron chi connectivity index (χ1n) is 31.4. The van der Waals surface area contributed by atoms with Crippen molar-refractivity contribution < 1.29 is 90.6 Å². The molecule has 10 rings (SSSR count). The maximum Gasteiger partial charge on any atom is 4.00 e. The van der Waals surface area contributed by atoms with E-state index in [1.54, 1.807) is 60.7 Å². The van der Waals surface area contributed by atoms with Crippen molar-refractivity contribution in [1.82, 2.24) is 10.6 Å². The minimum Gasteiger partial charge on any atom is -1.00 e. The fourth-order valence-electron chi connectivity index (χ4n) is 9.90. The van der Waals surface area contributed by atoms with Crippen molar-refractivity contribution in [2.45, 2.75) is 114 Å². The second-order valence-electron chi connectivity index (χ2n) is 23.1. The summed E-state index contributed by atoms with van der Waals surface area (Å²) in [4.78, 5) is 0.302. The molecule has 4 atom stereocenters. The summed E-state index contributed by atoms with van der Waals surface area (Å²) in [7, 11) is -5.72. The molecule has 2 radical (unpaired) electrons. The van der Waals surface area contributed by atoms with Gasteiger partial charge in [-0.15, -0.1) is 0 Å². The minimum atomic E-state index is -3.95. The Morgan fingerprint density at radius 1 is 0.412 bits per heavy atom. The van der Waals surface area contributed by atoms with E-state index in [-0.39, 0.29) is 48.8 Å². The fourth-order valence-corrected chi connectivity index (χ4v) is 12.2. The van der Waals surface area contributed by atoms with Crippen LogP contribution in [0.4, 0.5) is 12.9 Å². The topological polar surface area (TPSA) is 179 Å². The van der Waals surface area contributed by atoms with Gasteiger partial charge in [0.25, 0.3) is 0 Å². The van der Waals surface area contributed by atoms with Crippen LogP contribution < -0.4 is 24.6 Å². The predicted octanol–water partition coefficient (Wildman–Crippen LogP) is 16.2. The zero-order valence-electron chi connectivity index (χ0n) is 58.7. The Labute approximate surface area is 632 Å². The molecule has 0 saturated carbocycles. The molecular formula is C78H88B3ClF4N4O8Ru2S2+2. The van der Waals surface area contributed by atoms with E-state index in [9.17, 15) is 29.8 Å². The molecule has 0 bridgehead atoms. The number of rotatable bonds is 24. The maximum atomic E-state index is 13.4. The molecule has 0 spiro atoms. The van der Waals surface area contributed by atoms with Gasteiger partial charge in [0.1, 0.15) is 31.5 Å². The normalized spacial score (nSPS) is 11.6. The molecule has 0 saturated heterocycles. The van der Waals surface area contributed by atoms with Crippen LogP contribution in [0.2, 0.25) is 0 Å². The quantitative estimate of drug-likeness (QED) is 0.0258. The van der Waals surface area contributed by atoms with E-state index in [0.29, 0.717) is 51.8 Å². The Bertz CT molecular complexity index is 3830. The average Bonchev–Trinajstić information content (AvgIpc) is 0.803. The molecule has 0 amide bonds. The summed E-state index contributed by atoms with van der Waals surface area (Å²) >= 11 is 1.82. The first kappa shape index (κ1) is 92.9. The summed E-state index contributed by atoms with van der Waals surface area (Å²) in [5, 5.41) is 25.3. The van der Waals surface area contributed by atoms with Crippen molar-refractivity contribution >= 4 is 52.7 Å². The molecule has 0 fully saturated rings. The third kappa shape index (κ3) is 31.9. The second kappa shape index (κ2) is 49.5. The Hall–Kier alpha value is -7.09. The van der Waals surface area contributed by atoms with Crippen LogP contribution in [0.15, 0.2) is 277 Å². The summed E-state index contributed by atoms with van der Waals surface area (Å²) in [5.74, 6) is 2.31. The van der Waals surface area contributed by atoms with Gasteiger partial charge in [-0.3, -0.25) is 12.9 Å². The van der Waals surface area contributed by atoms with Crippen molar-refractivity contribution in [1.29, 1.82) is 0 Å². The molecule has 0 aliphatic carbocycles. The molecule has 0 aliphatic heterocycles. The largest absolute Gasteiger partial charge is 4.00 e. The van der Waals surface area contributed by atoms with Crippen LogP contribution in [0.5, 0.6) is 11.5 Å². The predicted molar refractivity (Wildman–Crippen MR) is 402 cm³/mol. The molecule has 0 aliphatic rings. The molecule has 0 aromatic heterocycles. The van der Waals surface area contributed by atoms with Gasteiger partial charge in [0.15, 0.2) is 0 Å². The summed E-state index contributed by atoms with van der Waals surface area (Å²) in [6.07, 6.45) is 0. The van der Waals surface area contributed by atoms with Gasteiger partial charge in [-0.05, 0) is 98.2 Å². The van der Waals surface area contributed by atoms with Crippen LogP contribution in [-0.2, 0) is 69.9 Å². The fraction of sp³-hybridized carbons (Fsp3) is 0.205. The number of halogens is 5. The minimum absolute atomic E-state index is 0. The first-order chi connectivity index (χ1) is 47.1. The van der Waals surface area contributed by atoms with Gasteiger partial charge in [-0.1, -0.05) is 304 Å². The van der Waals surface area contributed by atoms with Crippen molar-refractivity contribution in [2.75, 3.05) is 0 Å². The molecule has 0 unspecified atom stereocenters. The average molecular weight is 1620 g/mol. The van der Waals surface area contributed by atoms with E-state index >= 15 is 0 Å². The van der Waals surface area contributed by atoms with Crippen molar-refractivity contribution in [2.24, 2.45) is 0 Å². The Balaban J connectivity index is 0.000000734. The van der Waals surface area contributed by atoms with Gasteiger partial charge in [-0.2, -0.15) is 0 Å². The Kier molecular flexibility index (Phi) is 45.1. The number of para-hydroxylation sites is 2. The van der Waals surface area contributed by atoms with Crippen LogP contribution in [0.1, 0.15) is 130 Å². The standard InChI is InChI=1S/2C28H27BN2O4S.2C10H14.2CH3.BF3.ClH.FH.2Ru/c2*1-21-16-18-25(19-17-21)36(33,34)31-28(23-12-6-3-7-13-23)27(22-10-4-2-5-11-22)30-20-24-14-8-9-15-26(24)35-29-32;2*1-8(2)10-6-4-9(3)5-7-10;;;2-1(3)4;;;;/h2*2-19,27-28,30,32H,20H2,1H3;2*4-8H,1-3H3;2*1H3;;2*1H;;/q2*-1;;;2*-1;;;;2*+4/p-2/t2*27-,28-;;;;;;;;;/m00........./s1. The number of sulfonamides is 2. The monoisotopic (exact) mass is 1620 g/mol. The van der Waals surface area contributed by atoms with Gasteiger partial charge in [0.2, 0.25) is 0 Å². The molecular weight excluding hydrogens is 1530 g/mol. The number of nitrogens with zero attached hydrogens (tertiary/aromatic N) is 2. The SMILES string of the molecule is Cc1ccc(C(C)C)cc1.Cc1ccc(C(C)C)cc1.Cc1ccc(S(=O)(=O)[N-][C@@H](c2ccccc2)[C@@H](NCc2ccccc2O[B]O)c2ccccc2)cc1.Cc1ccc(S(=O)(=O)[N-][C@@H](c2ccccc2)[C@@H](NCc2ccccc2O[B]O)c2ccccc2)cc1.FB(F)F.[CH3-].[CH3-].[Cl][Ru+3].[F-].[Ru+4]. The zero-order chi connectivity index (χ0) is 71.5. The number of hydrogen-bond donors (Lipinski definition) is 4. The second-order valence-corrected chi connectivity index (χ2v) is 26.3. The molecule has 538 valence electrons. The van der Waals surface area contributed by atoms with Crippen LogP contribution in [0.25, 0.3) is 9.44 Å². The number of aryl methyl sites for hydroxylation is 4. The third-order valence-corrected chi connectivity index (χ3v) is 17.9. The van der Waals surface area contributed by atoms with Crippen molar-refractivity contribution in [3.8, 4) is 11.5 Å². The first-order valence-corrected chi connectivity index (χ1v) is 36.5. The van der Waals surface area contributed by atoms with Gasteiger partial charge in [0.05, 0.1) is 0 Å². The van der Waals surface area contributed by atoms with Crippen molar-refractivity contribution in [3.63, 3.8) is 0 Å². The van der Waals surface area contributed by atoms with Gasteiger partial charge >= 0.3 is 69.4 Å². The molecule has 0 heterocycles. The number of hydrogen-bond acceptors (Lipinski definition) is 10. The third-order valence-electron chi connectivity index (χ3n) is 15.2. The van der Waals surface area contributed by atoms with Crippen LogP contribution in [0, 0.1) is 42.5 Å². The number of nitrogens with one attached hydrogen (secondary N) is 2. The molecule has 4 N–H and O–H groups in total. The van der Waals surface area contributed by atoms with Crippen LogP contribution >= 0.6 is 9.69 Å². The van der Waals surface area contributed by atoms with E-state index in [0.717, 1.165) is 44.5 Å². The van der Waals surface area contributed by atoms with Gasteiger partial charge < -0.3 is 59.0 Å².